The molecule has 0 spiro atoms. The molecule has 0 unspecified atom stereocenters. The van der Waals surface area contributed by atoms with Gasteiger partial charge in [0.15, 0.2) is 0 Å². The lowest BCUT2D eigenvalue weighted by Gasteiger charge is -1.92. The highest BCUT2D eigenvalue weighted by atomic mass is 16.3. The first-order valence-electron chi connectivity index (χ1n) is 5.77. The average Bonchev–Trinajstić information content (AvgIpc) is 2.35. The summed E-state index contributed by atoms with van der Waals surface area (Å²) in [5, 5.41) is 9.46. The van der Waals surface area contributed by atoms with E-state index in [-0.39, 0.29) is 5.75 Å². The first kappa shape index (κ1) is 12.9. The molecule has 0 amide bonds. The molecule has 0 saturated heterocycles. The van der Waals surface area contributed by atoms with E-state index < -0.39 is 0 Å². The van der Waals surface area contributed by atoms with Crippen molar-refractivity contribution in [3.05, 3.63) is 42.0 Å². The Hall–Kier alpha value is -2.12. The van der Waals surface area contributed by atoms with E-state index in [2.05, 4.69) is 30.6 Å². The first-order valence-corrected chi connectivity index (χ1v) is 5.77. The fourth-order valence-electron chi connectivity index (χ4n) is 1.18. The van der Waals surface area contributed by atoms with Crippen LogP contribution in [-0.4, -0.2) is 5.11 Å². The second-order valence-corrected chi connectivity index (χ2v) is 3.54. The van der Waals surface area contributed by atoms with Gasteiger partial charge in [-0.3, -0.25) is 0 Å². The summed E-state index contributed by atoms with van der Waals surface area (Å²) in [4.78, 5) is 0. The molecule has 1 nitrogen and oxygen atoms in total. The Bertz CT molecular complexity index is 489. The van der Waals surface area contributed by atoms with E-state index in [1.54, 1.807) is 30.4 Å². The van der Waals surface area contributed by atoms with Gasteiger partial charge in [0.1, 0.15) is 5.75 Å². The highest BCUT2D eigenvalue weighted by Crippen LogP contribution is 2.13. The van der Waals surface area contributed by atoms with Crippen molar-refractivity contribution >= 4 is 0 Å². The van der Waals surface area contributed by atoms with E-state index in [4.69, 9.17) is 0 Å². The molecular weight excluding hydrogens is 208 g/mol. The van der Waals surface area contributed by atoms with Gasteiger partial charge >= 0.3 is 0 Å². The Balaban J connectivity index is 2.48. The van der Waals surface area contributed by atoms with E-state index in [0.717, 1.165) is 12.8 Å². The normalized spacial score (nSPS) is 9.24. The van der Waals surface area contributed by atoms with Gasteiger partial charge in [0.05, 0.1) is 5.56 Å². The molecule has 0 atom stereocenters. The minimum atomic E-state index is 0.211. The predicted octanol–water partition coefficient (Wildman–Crippen LogP) is 3.49. The Labute approximate surface area is 103 Å². The summed E-state index contributed by atoms with van der Waals surface area (Å²) in [6.45, 7) is 2.15. The van der Waals surface area contributed by atoms with E-state index in [0.29, 0.717) is 5.56 Å². The molecule has 0 saturated carbocycles. The van der Waals surface area contributed by atoms with Gasteiger partial charge < -0.3 is 5.11 Å². The van der Waals surface area contributed by atoms with Crippen molar-refractivity contribution in [1.82, 2.24) is 0 Å². The molecule has 1 heteroatoms. The maximum absolute atomic E-state index is 9.46. The summed E-state index contributed by atoms with van der Waals surface area (Å²) in [6.07, 6.45) is 6.69. The standard InChI is InChI=1S/C16H16O/c1-2-3-4-5-6-7-8-9-12-15-13-10-11-14-16(15)17/h7-8,10-11,13-14,17H,2-4H2,1H3. The lowest BCUT2D eigenvalue weighted by atomic mass is 10.2. The van der Waals surface area contributed by atoms with E-state index >= 15 is 0 Å². The van der Waals surface area contributed by atoms with E-state index in [9.17, 15) is 5.11 Å². The zero-order chi connectivity index (χ0) is 12.3. The van der Waals surface area contributed by atoms with Gasteiger partial charge in [-0.15, -0.1) is 0 Å². The topological polar surface area (TPSA) is 20.2 Å². The second-order valence-electron chi connectivity index (χ2n) is 3.54. The molecule has 0 radical (unpaired) electrons. The van der Waals surface area contributed by atoms with Crippen molar-refractivity contribution in [1.29, 1.82) is 0 Å². The molecule has 0 bridgehead atoms. The number of para-hydroxylation sites is 1. The van der Waals surface area contributed by atoms with Crippen molar-refractivity contribution in [2.75, 3.05) is 0 Å². The lowest BCUT2D eigenvalue weighted by molar-refractivity contribution is 0.473. The zero-order valence-electron chi connectivity index (χ0n) is 10.0. The van der Waals surface area contributed by atoms with Crippen molar-refractivity contribution in [3.63, 3.8) is 0 Å². The van der Waals surface area contributed by atoms with Gasteiger partial charge in [-0.2, -0.15) is 0 Å². The average molecular weight is 224 g/mol. The summed E-state index contributed by atoms with van der Waals surface area (Å²) in [6, 6.07) is 7.02. The number of hydrogen-bond acceptors (Lipinski definition) is 1. The molecule has 0 aromatic heterocycles. The van der Waals surface area contributed by atoms with Crippen LogP contribution in [0.3, 0.4) is 0 Å². The number of aromatic hydroxyl groups is 1. The van der Waals surface area contributed by atoms with Crippen LogP contribution >= 0.6 is 0 Å². The van der Waals surface area contributed by atoms with Crippen molar-refractivity contribution < 1.29 is 5.11 Å². The Morgan fingerprint density at radius 3 is 2.71 bits per heavy atom. The van der Waals surface area contributed by atoms with Crippen molar-refractivity contribution in [3.8, 4) is 29.4 Å². The zero-order valence-corrected chi connectivity index (χ0v) is 10.0. The first-order chi connectivity index (χ1) is 8.34. The van der Waals surface area contributed by atoms with Crippen LogP contribution in [0.2, 0.25) is 0 Å². The number of allylic oxidation sites excluding steroid dienone is 2. The Kier molecular flexibility index (Phi) is 6.15. The molecule has 86 valence electrons. The van der Waals surface area contributed by atoms with Gasteiger partial charge in [0.25, 0.3) is 0 Å². The highest BCUT2D eigenvalue weighted by molar-refractivity contribution is 5.46. The molecule has 0 aliphatic heterocycles. The largest absolute Gasteiger partial charge is 0.507 e. The molecule has 0 fully saturated rings. The van der Waals surface area contributed by atoms with E-state index in [1.165, 1.54) is 6.42 Å². The SMILES string of the molecule is CCCCC#CC=CC#Cc1ccccc1O. The monoisotopic (exact) mass is 224 g/mol. The van der Waals surface area contributed by atoms with Gasteiger partial charge in [0.2, 0.25) is 0 Å². The predicted molar refractivity (Wildman–Crippen MR) is 71.4 cm³/mol. The maximum atomic E-state index is 9.46. The molecule has 1 rings (SSSR count). The third kappa shape index (κ3) is 5.50. The summed E-state index contributed by atoms with van der Waals surface area (Å²) in [5.41, 5.74) is 0.635. The second kappa shape index (κ2) is 8.08. The summed E-state index contributed by atoms with van der Waals surface area (Å²) < 4.78 is 0. The van der Waals surface area contributed by atoms with Crippen LogP contribution in [0.25, 0.3) is 0 Å². The van der Waals surface area contributed by atoms with Crippen molar-refractivity contribution in [2.24, 2.45) is 0 Å². The lowest BCUT2D eigenvalue weighted by Crippen LogP contribution is -1.73. The van der Waals surface area contributed by atoms with Crippen LogP contribution in [0.15, 0.2) is 36.4 Å². The van der Waals surface area contributed by atoms with Crippen LogP contribution in [0, 0.1) is 23.7 Å². The summed E-state index contributed by atoms with van der Waals surface area (Å²) >= 11 is 0. The van der Waals surface area contributed by atoms with Crippen LogP contribution in [0.1, 0.15) is 31.7 Å². The number of hydrogen-bond donors (Lipinski definition) is 1. The molecule has 0 aliphatic carbocycles. The number of phenols is 1. The molecule has 0 aliphatic rings. The van der Waals surface area contributed by atoms with Crippen LogP contribution < -0.4 is 0 Å². The minimum absolute atomic E-state index is 0.211. The van der Waals surface area contributed by atoms with Crippen LogP contribution in [0.4, 0.5) is 0 Å². The summed E-state index contributed by atoms with van der Waals surface area (Å²) in [7, 11) is 0. The summed E-state index contributed by atoms with van der Waals surface area (Å²) in [5.74, 6) is 11.9. The smallest absolute Gasteiger partial charge is 0.131 e. The third-order valence-electron chi connectivity index (χ3n) is 2.12. The number of rotatable bonds is 2. The van der Waals surface area contributed by atoms with Gasteiger partial charge in [-0.05, 0) is 30.7 Å². The molecule has 1 N–H and O–H groups in total. The Morgan fingerprint density at radius 1 is 1.18 bits per heavy atom. The fraction of sp³-hybridized carbons (Fsp3) is 0.250. The van der Waals surface area contributed by atoms with Gasteiger partial charge in [-0.25, -0.2) is 0 Å². The molecule has 17 heavy (non-hydrogen) atoms. The quantitative estimate of drug-likeness (QED) is 0.602. The van der Waals surface area contributed by atoms with Crippen molar-refractivity contribution in [2.45, 2.75) is 26.2 Å². The minimum Gasteiger partial charge on any atom is -0.507 e. The number of phenolic OH excluding ortho intramolecular Hbond substituents is 1. The molecular formula is C16H16O. The number of unbranched alkanes of at least 4 members (excludes halogenated alkanes) is 2. The number of benzene rings is 1. The highest BCUT2D eigenvalue weighted by Gasteiger charge is 1.91. The molecule has 0 heterocycles. The Morgan fingerprint density at radius 2 is 1.94 bits per heavy atom. The van der Waals surface area contributed by atoms with Gasteiger partial charge in [0, 0.05) is 6.42 Å². The molecule has 1 aromatic carbocycles. The fourth-order valence-corrected chi connectivity index (χ4v) is 1.18. The van der Waals surface area contributed by atoms with Crippen LogP contribution in [0.5, 0.6) is 5.75 Å². The molecule has 1 aromatic rings. The third-order valence-corrected chi connectivity index (χ3v) is 2.12. The van der Waals surface area contributed by atoms with E-state index in [1.807, 2.05) is 6.07 Å². The van der Waals surface area contributed by atoms with Gasteiger partial charge in [-0.1, -0.05) is 49.2 Å². The van der Waals surface area contributed by atoms with Crippen LogP contribution in [-0.2, 0) is 0 Å². The maximum Gasteiger partial charge on any atom is 0.131 e.